The maximum absolute atomic E-state index is 12.8. The number of amides is 1. The molecule has 0 atom stereocenters. The molecule has 0 aliphatic heterocycles. The van der Waals surface area contributed by atoms with E-state index in [1.807, 2.05) is 0 Å². The Morgan fingerprint density at radius 2 is 1.78 bits per heavy atom. The third-order valence-corrected chi connectivity index (χ3v) is 4.03. The van der Waals surface area contributed by atoms with Crippen LogP contribution in [0.4, 0.5) is 0 Å². The molecule has 5 nitrogen and oxygen atoms in total. The predicted octanol–water partition coefficient (Wildman–Crippen LogP) is 3.24. The van der Waals surface area contributed by atoms with E-state index in [4.69, 9.17) is 29.0 Å². The molecule has 1 amide bonds. The van der Waals surface area contributed by atoms with Crippen molar-refractivity contribution in [1.29, 1.82) is 0 Å². The second-order valence-corrected chi connectivity index (χ2v) is 5.68. The van der Waals surface area contributed by atoms with Crippen LogP contribution < -0.4 is 11.3 Å². The zero-order valence-electron chi connectivity index (χ0n) is 11.7. The van der Waals surface area contributed by atoms with Gasteiger partial charge in [0.2, 0.25) is 0 Å². The number of rotatable bonds is 2. The SMILES string of the molecule is NNC(=O)c1cn(C(=O)c2cc(Cl)ccc2Cl)c2ccccc12. The molecule has 0 bridgehead atoms. The van der Waals surface area contributed by atoms with Crippen molar-refractivity contribution in [3.05, 3.63) is 69.8 Å². The van der Waals surface area contributed by atoms with Gasteiger partial charge < -0.3 is 0 Å². The molecule has 2 aromatic carbocycles. The lowest BCUT2D eigenvalue weighted by molar-refractivity contribution is 0.0955. The van der Waals surface area contributed by atoms with Gasteiger partial charge in [0.1, 0.15) is 0 Å². The molecule has 7 heteroatoms. The number of nitrogens with two attached hydrogens (primary N) is 1. The van der Waals surface area contributed by atoms with Crippen molar-refractivity contribution >= 4 is 45.9 Å². The number of carbonyl (C=O) groups is 2. The second kappa shape index (κ2) is 6.04. The Bertz CT molecular complexity index is 934. The van der Waals surface area contributed by atoms with Crippen LogP contribution in [0.5, 0.6) is 0 Å². The molecule has 0 aliphatic carbocycles. The lowest BCUT2D eigenvalue weighted by Gasteiger charge is -2.06. The van der Waals surface area contributed by atoms with Crippen LogP contribution in [-0.2, 0) is 0 Å². The van der Waals surface area contributed by atoms with Gasteiger partial charge in [-0.25, -0.2) is 5.84 Å². The molecule has 1 aromatic heterocycles. The van der Waals surface area contributed by atoms with Crippen molar-refractivity contribution in [1.82, 2.24) is 9.99 Å². The Labute approximate surface area is 141 Å². The molecule has 0 radical (unpaired) electrons. The molecule has 0 saturated heterocycles. The highest BCUT2D eigenvalue weighted by molar-refractivity contribution is 6.36. The van der Waals surface area contributed by atoms with Crippen LogP contribution in [-0.4, -0.2) is 16.4 Å². The van der Waals surface area contributed by atoms with E-state index in [0.717, 1.165) is 0 Å². The van der Waals surface area contributed by atoms with E-state index >= 15 is 0 Å². The minimum Gasteiger partial charge on any atom is -0.290 e. The highest BCUT2D eigenvalue weighted by Crippen LogP contribution is 2.26. The number of hydrogen-bond acceptors (Lipinski definition) is 3. The molecule has 0 spiro atoms. The summed E-state index contributed by atoms with van der Waals surface area (Å²) in [5.41, 5.74) is 3.20. The van der Waals surface area contributed by atoms with E-state index in [1.54, 1.807) is 36.4 Å². The Kier molecular flexibility index (Phi) is 4.09. The summed E-state index contributed by atoms with van der Waals surface area (Å²) in [6.07, 6.45) is 1.44. The predicted molar refractivity (Wildman–Crippen MR) is 89.8 cm³/mol. The van der Waals surface area contributed by atoms with Crippen LogP contribution in [0.2, 0.25) is 10.0 Å². The van der Waals surface area contributed by atoms with E-state index in [-0.39, 0.29) is 16.5 Å². The number of aromatic nitrogens is 1. The van der Waals surface area contributed by atoms with Crippen molar-refractivity contribution in [2.75, 3.05) is 0 Å². The number of hydrogen-bond donors (Lipinski definition) is 2. The molecule has 3 rings (SSSR count). The van der Waals surface area contributed by atoms with E-state index < -0.39 is 5.91 Å². The van der Waals surface area contributed by atoms with Gasteiger partial charge in [-0.05, 0) is 24.3 Å². The summed E-state index contributed by atoms with van der Waals surface area (Å²) in [6.45, 7) is 0. The zero-order valence-corrected chi connectivity index (χ0v) is 13.2. The molecule has 3 N–H and O–H groups in total. The van der Waals surface area contributed by atoms with Crippen molar-refractivity contribution in [2.45, 2.75) is 0 Å². The highest BCUT2D eigenvalue weighted by Gasteiger charge is 2.20. The Morgan fingerprint density at radius 1 is 1.04 bits per heavy atom. The van der Waals surface area contributed by atoms with Crippen molar-refractivity contribution in [3.8, 4) is 0 Å². The van der Waals surface area contributed by atoms with Crippen molar-refractivity contribution in [3.63, 3.8) is 0 Å². The fourth-order valence-electron chi connectivity index (χ4n) is 2.40. The van der Waals surface area contributed by atoms with E-state index in [9.17, 15) is 9.59 Å². The summed E-state index contributed by atoms with van der Waals surface area (Å²) in [5.74, 6) is 4.34. The summed E-state index contributed by atoms with van der Waals surface area (Å²) in [6, 6.07) is 11.7. The van der Waals surface area contributed by atoms with E-state index in [0.29, 0.717) is 21.5 Å². The largest absolute Gasteiger partial charge is 0.290 e. The fourth-order valence-corrected chi connectivity index (χ4v) is 2.77. The van der Waals surface area contributed by atoms with Crippen molar-refractivity contribution < 1.29 is 9.59 Å². The first-order valence-corrected chi connectivity index (χ1v) is 7.39. The minimum absolute atomic E-state index is 0.250. The Morgan fingerprint density at radius 3 is 2.52 bits per heavy atom. The van der Waals surface area contributed by atoms with Crippen LogP contribution in [0, 0.1) is 0 Å². The average molecular weight is 348 g/mol. The molecule has 0 fully saturated rings. The van der Waals surface area contributed by atoms with Gasteiger partial charge in [0, 0.05) is 16.6 Å². The first-order valence-electron chi connectivity index (χ1n) is 6.63. The van der Waals surface area contributed by atoms with E-state index in [1.165, 1.54) is 16.8 Å². The highest BCUT2D eigenvalue weighted by atomic mass is 35.5. The number of para-hydroxylation sites is 1. The summed E-state index contributed by atoms with van der Waals surface area (Å²) in [7, 11) is 0. The lowest BCUT2D eigenvalue weighted by Crippen LogP contribution is -2.29. The van der Waals surface area contributed by atoms with Crippen LogP contribution in [0.25, 0.3) is 10.9 Å². The third-order valence-electron chi connectivity index (χ3n) is 3.47. The molecular formula is C16H11Cl2N3O2. The molecule has 1 heterocycles. The van der Waals surface area contributed by atoms with Crippen molar-refractivity contribution in [2.24, 2.45) is 5.84 Å². The quantitative estimate of drug-likeness (QED) is 0.424. The van der Waals surface area contributed by atoms with Gasteiger partial charge in [0.05, 0.1) is 21.7 Å². The Hall–Kier alpha value is -2.34. The van der Waals surface area contributed by atoms with Crippen LogP contribution in [0.1, 0.15) is 20.7 Å². The van der Waals surface area contributed by atoms with Gasteiger partial charge in [-0.1, -0.05) is 41.4 Å². The first-order chi connectivity index (χ1) is 11.0. The van der Waals surface area contributed by atoms with Crippen LogP contribution in [0.3, 0.4) is 0 Å². The van der Waals surface area contributed by atoms with Crippen LogP contribution >= 0.6 is 23.2 Å². The number of benzene rings is 2. The molecular weight excluding hydrogens is 337 g/mol. The van der Waals surface area contributed by atoms with Gasteiger partial charge in [-0.2, -0.15) is 0 Å². The number of carbonyl (C=O) groups excluding carboxylic acids is 2. The maximum atomic E-state index is 12.8. The zero-order chi connectivity index (χ0) is 16.6. The van der Waals surface area contributed by atoms with Gasteiger partial charge in [0.15, 0.2) is 0 Å². The smallest absolute Gasteiger partial charge is 0.267 e. The van der Waals surface area contributed by atoms with Gasteiger partial charge in [-0.15, -0.1) is 0 Å². The molecule has 0 unspecified atom stereocenters. The van der Waals surface area contributed by atoms with E-state index in [2.05, 4.69) is 5.43 Å². The molecule has 0 aliphatic rings. The lowest BCUT2D eigenvalue weighted by atomic mass is 10.1. The number of nitrogens with zero attached hydrogens (tertiary/aromatic N) is 1. The summed E-state index contributed by atoms with van der Waals surface area (Å²) in [5, 5.41) is 1.29. The van der Waals surface area contributed by atoms with Gasteiger partial charge >= 0.3 is 0 Å². The van der Waals surface area contributed by atoms with Gasteiger partial charge in [-0.3, -0.25) is 19.6 Å². The standard InChI is InChI=1S/C16H11Cl2N3O2/c17-9-5-6-13(18)11(7-9)16(23)21-8-12(15(22)20-19)10-3-1-2-4-14(10)21/h1-8H,19H2,(H,20,22). The number of fused-ring (bicyclic) bond motifs is 1. The minimum atomic E-state index is -0.482. The van der Waals surface area contributed by atoms with Crippen LogP contribution in [0.15, 0.2) is 48.7 Å². The summed E-state index contributed by atoms with van der Waals surface area (Å²) < 4.78 is 1.36. The monoisotopic (exact) mass is 347 g/mol. The maximum Gasteiger partial charge on any atom is 0.267 e. The normalized spacial score (nSPS) is 10.7. The summed E-state index contributed by atoms with van der Waals surface area (Å²) >= 11 is 12.0. The second-order valence-electron chi connectivity index (χ2n) is 4.83. The first kappa shape index (κ1) is 15.6. The molecule has 3 aromatic rings. The number of hydrazine groups is 1. The molecule has 23 heavy (non-hydrogen) atoms. The summed E-state index contributed by atoms with van der Waals surface area (Å²) in [4.78, 5) is 24.7. The third kappa shape index (κ3) is 2.70. The number of nitrogens with one attached hydrogen (secondary N) is 1. The number of halogens is 2. The average Bonchev–Trinajstić information content (AvgIpc) is 2.95. The molecule has 116 valence electrons. The van der Waals surface area contributed by atoms with Gasteiger partial charge in [0.25, 0.3) is 11.8 Å². The number of nitrogen functional groups attached to an aromatic ring is 1. The Balaban J connectivity index is 2.22. The fraction of sp³-hybridized carbons (Fsp3) is 0. The topological polar surface area (TPSA) is 77.1 Å². The molecule has 0 saturated carbocycles.